The number of hydrogen-bond donors (Lipinski definition) is 2. The number of piperidine rings is 1. The molecule has 160 valence electrons. The van der Waals surface area contributed by atoms with E-state index in [1.165, 1.54) is 0 Å². The maximum Gasteiger partial charge on any atom is 0.494 e. The van der Waals surface area contributed by atoms with Crippen LogP contribution in [-0.4, -0.2) is 36.4 Å². The monoisotopic (exact) mass is 428 g/mol. The number of rotatable bonds is 3. The van der Waals surface area contributed by atoms with Gasteiger partial charge in [-0.2, -0.15) is 0 Å². The van der Waals surface area contributed by atoms with Crippen molar-refractivity contribution in [3.8, 4) is 0 Å². The molecule has 7 heteroatoms. The quantitative estimate of drug-likeness (QED) is 0.735. The van der Waals surface area contributed by atoms with Crippen LogP contribution in [0.25, 0.3) is 0 Å². The van der Waals surface area contributed by atoms with E-state index in [9.17, 15) is 4.79 Å². The lowest BCUT2D eigenvalue weighted by Gasteiger charge is -2.34. The van der Waals surface area contributed by atoms with Crippen molar-refractivity contribution in [1.82, 2.24) is 10.3 Å². The van der Waals surface area contributed by atoms with Gasteiger partial charge in [-0.15, -0.1) is 0 Å². The van der Waals surface area contributed by atoms with Crippen LogP contribution in [-0.2, 0) is 9.31 Å². The highest BCUT2D eigenvalue weighted by atomic mass is 35.5. The lowest BCUT2D eigenvalue weighted by Crippen LogP contribution is -2.41. The van der Waals surface area contributed by atoms with Gasteiger partial charge in [0.25, 0.3) is 5.56 Å². The number of halogens is 1. The first-order chi connectivity index (χ1) is 14.1. The third kappa shape index (κ3) is 3.75. The molecule has 1 aromatic heterocycles. The molecule has 1 aromatic carbocycles. The summed E-state index contributed by atoms with van der Waals surface area (Å²) in [6.07, 6.45) is 2.71. The molecule has 0 bridgehead atoms. The number of pyridine rings is 1. The Morgan fingerprint density at radius 1 is 1.07 bits per heavy atom. The summed E-state index contributed by atoms with van der Waals surface area (Å²) in [5.41, 5.74) is 3.12. The predicted molar refractivity (Wildman–Crippen MR) is 122 cm³/mol. The zero-order valence-electron chi connectivity index (χ0n) is 18.3. The van der Waals surface area contributed by atoms with Crippen molar-refractivity contribution in [3.05, 3.63) is 62.5 Å². The summed E-state index contributed by atoms with van der Waals surface area (Å²) < 4.78 is 12.4. The van der Waals surface area contributed by atoms with E-state index in [0.29, 0.717) is 5.02 Å². The summed E-state index contributed by atoms with van der Waals surface area (Å²) in [5, 5.41) is 4.20. The van der Waals surface area contributed by atoms with Crippen molar-refractivity contribution in [3.63, 3.8) is 0 Å². The smallest absolute Gasteiger partial charge is 0.399 e. The van der Waals surface area contributed by atoms with Crippen LogP contribution < -0.4 is 16.3 Å². The second kappa shape index (κ2) is 7.83. The Bertz CT molecular complexity index is 988. The molecule has 2 aliphatic rings. The molecule has 2 aromatic rings. The van der Waals surface area contributed by atoms with Gasteiger partial charge >= 0.3 is 7.12 Å². The molecule has 5 nitrogen and oxygen atoms in total. The van der Waals surface area contributed by atoms with E-state index in [1.807, 2.05) is 46.8 Å². The van der Waals surface area contributed by atoms with Crippen molar-refractivity contribution in [2.75, 3.05) is 13.1 Å². The van der Waals surface area contributed by atoms with Crippen LogP contribution in [0.5, 0.6) is 0 Å². The maximum atomic E-state index is 12.2. The van der Waals surface area contributed by atoms with Gasteiger partial charge in [0.1, 0.15) is 0 Å². The number of aromatic amines is 1. The molecule has 0 amide bonds. The van der Waals surface area contributed by atoms with Gasteiger partial charge in [-0.05, 0) is 82.2 Å². The van der Waals surface area contributed by atoms with Gasteiger partial charge in [0.2, 0.25) is 0 Å². The number of benzene rings is 1. The van der Waals surface area contributed by atoms with Gasteiger partial charge in [-0.1, -0.05) is 23.7 Å². The minimum Gasteiger partial charge on any atom is -0.399 e. The van der Waals surface area contributed by atoms with Crippen LogP contribution in [0, 0.1) is 6.92 Å². The Morgan fingerprint density at radius 3 is 2.43 bits per heavy atom. The van der Waals surface area contributed by atoms with E-state index in [1.54, 1.807) is 6.20 Å². The maximum absolute atomic E-state index is 12.2. The summed E-state index contributed by atoms with van der Waals surface area (Å²) in [5.74, 6) is 0.438. The van der Waals surface area contributed by atoms with Gasteiger partial charge in [0.15, 0.2) is 0 Å². The van der Waals surface area contributed by atoms with Gasteiger partial charge in [-0.3, -0.25) is 4.79 Å². The summed E-state index contributed by atoms with van der Waals surface area (Å²) in [7, 11) is -0.434. The van der Waals surface area contributed by atoms with Crippen LogP contribution >= 0.6 is 11.6 Å². The molecule has 0 saturated carbocycles. The molecule has 0 spiro atoms. The lowest BCUT2D eigenvalue weighted by molar-refractivity contribution is 0.00578. The molecule has 2 fully saturated rings. The summed E-state index contributed by atoms with van der Waals surface area (Å²) in [4.78, 5) is 14.9. The zero-order valence-corrected chi connectivity index (χ0v) is 19.1. The van der Waals surface area contributed by atoms with Crippen molar-refractivity contribution < 1.29 is 9.31 Å². The highest BCUT2D eigenvalue weighted by Crippen LogP contribution is 2.41. The fourth-order valence-electron chi connectivity index (χ4n) is 4.50. The van der Waals surface area contributed by atoms with E-state index >= 15 is 0 Å². The second-order valence-electron chi connectivity index (χ2n) is 9.46. The molecule has 0 aliphatic carbocycles. The van der Waals surface area contributed by atoms with Gasteiger partial charge < -0.3 is 19.6 Å². The number of H-pyrrole nitrogens is 1. The van der Waals surface area contributed by atoms with Crippen LogP contribution in [0.1, 0.15) is 62.6 Å². The van der Waals surface area contributed by atoms with E-state index in [4.69, 9.17) is 20.9 Å². The Labute approximate surface area is 183 Å². The second-order valence-corrected chi connectivity index (χ2v) is 9.87. The van der Waals surface area contributed by atoms with Crippen molar-refractivity contribution >= 4 is 24.2 Å². The highest BCUT2D eigenvalue weighted by Gasteiger charge is 2.51. The van der Waals surface area contributed by atoms with Crippen LogP contribution in [0.15, 0.2) is 35.3 Å². The fourth-order valence-corrected chi connectivity index (χ4v) is 4.83. The number of nitrogens with one attached hydrogen (secondary N) is 2. The van der Waals surface area contributed by atoms with E-state index in [2.05, 4.69) is 22.4 Å². The summed E-state index contributed by atoms with van der Waals surface area (Å²) >= 11 is 6.80. The Hall–Kier alpha value is -1.60. The predicted octanol–water partition coefficient (Wildman–Crippen LogP) is 3.50. The third-order valence-corrected chi connectivity index (χ3v) is 7.41. The minimum atomic E-state index is -0.434. The van der Waals surface area contributed by atoms with E-state index in [0.717, 1.165) is 41.7 Å². The molecule has 2 unspecified atom stereocenters. The molecule has 2 saturated heterocycles. The van der Waals surface area contributed by atoms with Crippen molar-refractivity contribution in [1.29, 1.82) is 0 Å². The first-order valence-corrected chi connectivity index (χ1v) is 11.0. The van der Waals surface area contributed by atoms with Crippen LogP contribution in [0.2, 0.25) is 5.02 Å². The van der Waals surface area contributed by atoms with Crippen LogP contribution in [0.4, 0.5) is 0 Å². The van der Waals surface area contributed by atoms with Crippen molar-refractivity contribution in [2.45, 2.75) is 64.1 Å². The first-order valence-electron chi connectivity index (χ1n) is 10.6. The van der Waals surface area contributed by atoms with Crippen molar-refractivity contribution in [2.24, 2.45) is 0 Å². The minimum absolute atomic E-state index is 0.0213. The zero-order chi connectivity index (χ0) is 21.7. The van der Waals surface area contributed by atoms with Gasteiger partial charge in [0.05, 0.1) is 11.2 Å². The topological polar surface area (TPSA) is 63.4 Å². The first kappa shape index (κ1) is 21.6. The number of aromatic nitrogens is 1. The molecule has 4 rings (SSSR count). The standard InChI is InChI=1S/C23H30BClN2O3/c1-14-16(9-11-27-21(14)28)17-8-10-26-13-19(17)18-7-6-15(12-20(18)25)24-29-22(2,3)23(4,5)30-24/h6-7,9,11-12,17,19,26H,8,10,13H2,1-5H3,(H,27,28). The Morgan fingerprint density at radius 2 is 1.77 bits per heavy atom. The molecular weight excluding hydrogens is 399 g/mol. The molecule has 2 aliphatic heterocycles. The largest absolute Gasteiger partial charge is 0.494 e. The Balaban J connectivity index is 1.65. The Kier molecular flexibility index (Phi) is 5.64. The highest BCUT2D eigenvalue weighted by molar-refractivity contribution is 6.62. The van der Waals surface area contributed by atoms with Gasteiger partial charge in [0, 0.05) is 29.2 Å². The normalized spacial score (nSPS) is 25.5. The average molecular weight is 429 g/mol. The molecule has 30 heavy (non-hydrogen) atoms. The third-order valence-electron chi connectivity index (χ3n) is 7.08. The molecular formula is C23H30BClN2O3. The fraction of sp³-hybridized carbons (Fsp3) is 0.522. The average Bonchev–Trinajstić information content (AvgIpc) is 2.91. The molecule has 2 N–H and O–H groups in total. The summed E-state index contributed by atoms with van der Waals surface area (Å²) in [6, 6.07) is 8.15. The summed E-state index contributed by atoms with van der Waals surface area (Å²) in [6.45, 7) is 11.8. The molecule has 3 heterocycles. The van der Waals surface area contributed by atoms with Gasteiger partial charge in [-0.25, -0.2) is 0 Å². The van der Waals surface area contributed by atoms with E-state index in [-0.39, 0.29) is 28.6 Å². The van der Waals surface area contributed by atoms with Crippen LogP contribution in [0.3, 0.4) is 0 Å². The molecule has 2 atom stereocenters. The van der Waals surface area contributed by atoms with E-state index < -0.39 is 7.12 Å². The lowest BCUT2D eigenvalue weighted by atomic mass is 9.74. The molecule has 0 radical (unpaired) electrons. The number of hydrogen-bond acceptors (Lipinski definition) is 4. The SMILES string of the molecule is Cc1c(C2CCNCC2c2ccc(B3OC(C)(C)C(C)(C)O3)cc2Cl)cc[nH]c1=O.